The number of carbonyl (C=O) groups is 1. The monoisotopic (exact) mass is 213 g/mol. The predicted octanol–water partition coefficient (Wildman–Crippen LogP) is -0.703. The van der Waals surface area contributed by atoms with Gasteiger partial charge in [0, 0.05) is 6.61 Å². The quantitative estimate of drug-likeness (QED) is 0.223. The molecule has 1 amide bonds. The molecule has 8 heteroatoms. The number of hydroxylamine groups is 1. The highest BCUT2D eigenvalue weighted by molar-refractivity contribution is 7.33. The van der Waals surface area contributed by atoms with E-state index < -0.39 is 20.8 Å². The van der Waals surface area contributed by atoms with Crippen molar-refractivity contribution >= 4 is 14.2 Å². The second-order valence-electron chi connectivity index (χ2n) is 2.00. The van der Waals surface area contributed by atoms with Crippen LogP contribution in [0, 0.1) is 0 Å². The van der Waals surface area contributed by atoms with Crippen molar-refractivity contribution in [2.45, 2.75) is 6.42 Å². The summed E-state index contributed by atoms with van der Waals surface area (Å²) >= 11 is 0. The van der Waals surface area contributed by atoms with Crippen LogP contribution in [0.2, 0.25) is 0 Å². The second kappa shape index (κ2) is 8.15. The minimum absolute atomic E-state index is 0.0632. The van der Waals surface area contributed by atoms with Gasteiger partial charge in [0.25, 0.3) is 5.91 Å². The zero-order valence-corrected chi connectivity index (χ0v) is 7.86. The third kappa shape index (κ3) is 7.89. The Morgan fingerprint density at radius 2 is 2.15 bits per heavy atom. The van der Waals surface area contributed by atoms with Crippen LogP contribution in [0.1, 0.15) is 6.42 Å². The Labute approximate surface area is 75.6 Å². The highest BCUT2D eigenvalue weighted by atomic mass is 31.1. The van der Waals surface area contributed by atoms with Crippen molar-refractivity contribution in [3.05, 3.63) is 0 Å². The van der Waals surface area contributed by atoms with Crippen molar-refractivity contribution < 1.29 is 28.7 Å². The lowest BCUT2D eigenvalue weighted by Gasteiger charge is -2.03. The average molecular weight is 213 g/mol. The minimum atomic E-state index is -2.70. The first kappa shape index (κ1) is 12.5. The van der Waals surface area contributed by atoms with Gasteiger partial charge in [-0.15, -0.1) is 0 Å². The third-order valence-corrected chi connectivity index (χ3v) is 1.79. The topological polar surface area (TPSA) is 105 Å². The summed E-state index contributed by atoms with van der Waals surface area (Å²) < 4.78 is 19.7. The molecule has 13 heavy (non-hydrogen) atoms. The van der Waals surface area contributed by atoms with Crippen molar-refractivity contribution in [3.8, 4) is 0 Å². The molecular weight excluding hydrogens is 201 g/mol. The van der Waals surface area contributed by atoms with Crippen LogP contribution in [0.5, 0.6) is 0 Å². The molecule has 78 valence electrons. The molecule has 3 N–H and O–H groups in total. The number of hydrogen-bond donors (Lipinski definition) is 3. The smallest absolute Gasteiger partial charge is 0.319 e. The molecule has 0 rings (SSSR count). The molecule has 1 unspecified atom stereocenters. The molecule has 0 spiro atoms. The minimum Gasteiger partial charge on any atom is -0.396 e. The van der Waals surface area contributed by atoms with E-state index in [2.05, 4.69) is 9.05 Å². The summed E-state index contributed by atoms with van der Waals surface area (Å²) in [5.74, 6) is -0.802. The average Bonchev–Trinajstić information content (AvgIpc) is 2.14. The molecule has 0 bridgehead atoms. The summed E-state index contributed by atoms with van der Waals surface area (Å²) in [4.78, 5) is 10.3. The highest BCUT2D eigenvalue weighted by Crippen LogP contribution is 2.22. The van der Waals surface area contributed by atoms with Gasteiger partial charge in [0.05, 0.1) is 6.61 Å². The summed E-state index contributed by atoms with van der Waals surface area (Å²) in [5, 5.41) is 16.3. The molecule has 0 radical (unpaired) electrons. The van der Waals surface area contributed by atoms with Gasteiger partial charge in [0.1, 0.15) is 6.61 Å². The van der Waals surface area contributed by atoms with Crippen LogP contribution in [0.3, 0.4) is 0 Å². The number of amides is 1. The molecule has 0 aliphatic rings. The predicted molar refractivity (Wildman–Crippen MR) is 42.5 cm³/mol. The van der Waals surface area contributed by atoms with E-state index in [1.54, 1.807) is 0 Å². The lowest BCUT2D eigenvalue weighted by Crippen LogP contribution is -2.22. The fourth-order valence-electron chi connectivity index (χ4n) is 0.418. The van der Waals surface area contributed by atoms with Crippen molar-refractivity contribution in [2.24, 2.45) is 0 Å². The Morgan fingerprint density at radius 1 is 1.46 bits per heavy atom. The Balaban J connectivity index is 3.35. The van der Waals surface area contributed by atoms with Crippen molar-refractivity contribution in [3.63, 3.8) is 0 Å². The van der Waals surface area contributed by atoms with E-state index in [0.29, 0.717) is 6.42 Å². The molecule has 0 heterocycles. The van der Waals surface area contributed by atoms with Crippen molar-refractivity contribution in [1.82, 2.24) is 5.48 Å². The largest absolute Gasteiger partial charge is 0.396 e. The van der Waals surface area contributed by atoms with Gasteiger partial charge in [0.2, 0.25) is 0 Å². The SMILES string of the molecule is O=C(CO[PH](=O)OCCCO)NO. The molecular formula is C5H12NO6P. The van der Waals surface area contributed by atoms with Gasteiger partial charge in [-0.1, -0.05) is 0 Å². The fraction of sp³-hybridized carbons (Fsp3) is 0.800. The molecule has 0 saturated heterocycles. The number of aliphatic hydroxyl groups excluding tert-OH is 1. The van der Waals surface area contributed by atoms with Crippen LogP contribution in [0.4, 0.5) is 0 Å². The lowest BCUT2D eigenvalue weighted by atomic mass is 10.5. The van der Waals surface area contributed by atoms with Crippen molar-refractivity contribution in [1.29, 1.82) is 0 Å². The van der Waals surface area contributed by atoms with E-state index in [-0.39, 0.29) is 13.2 Å². The van der Waals surface area contributed by atoms with Gasteiger partial charge in [-0.25, -0.2) is 5.48 Å². The molecule has 0 fully saturated rings. The maximum atomic E-state index is 10.7. The first-order valence-corrected chi connectivity index (χ1v) is 4.76. The molecule has 1 atom stereocenters. The molecule has 0 aromatic heterocycles. The summed E-state index contributed by atoms with van der Waals surface area (Å²) in [7, 11) is -2.70. The zero-order chi connectivity index (χ0) is 10.1. The van der Waals surface area contributed by atoms with E-state index in [1.807, 2.05) is 0 Å². The van der Waals surface area contributed by atoms with Crippen LogP contribution in [0.25, 0.3) is 0 Å². The number of aliphatic hydroxyl groups is 1. The number of carbonyl (C=O) groups excluding carboxylic acids is 1. The van der Waals surface area contributed by atoms with Crippen LogP contribution in [-0.4, -0.2) is 36.0 Å². The van der Waals surface area contributed by atoms with Crippen LogP contribution in [0.15, 0.2) is 0 Å². The molecule has 7 nitrogen and oxygen atoms in total. The van der Waals surface area contributed by atoms with Crippen LogP contribution in [-0.2, 0) is 18.4 Å². The normalized spacial score (nSPS) is 12.5. The summed E-state index contributed by atoms with van der Waals surface area (Å²) in [6, 6.07) is 0. The van der Waals surface area contributed by atoms with Gasteiger partial charge in [-0.05, 0) is 6.42 Å². The third-order valence-electron chi connectivity index (χ3n) is 0.968. The zero-order valence-electron chi connectivity index (χ0n) is 6.86. The number of hydrogen-bond acceptors (Lipinski definition) is 6. The highest BCUT2D eigenvalue weighted by Gasteiger charge is 2.03. The Bertz CT molecular complexity index is 174. The van der Waals surface area contributed by atoms with E-state index in [9.17, 15) is 9.36 Å². The van der Waals surface area contributed by atoms with Crippen LogP contribution >= 0.6 is 8.25 Å². The molecule has 0 aromatic rings. The van der Waals surface area contributed by atoms with Crippen LogP contribution < -0.4 is 5.48 Å². The van der Waals surface area contributed by atoms with E-state index in [4.69, 9.17) is 10.3 Å². The second-order valence-corrected chi connectivity index (χ2v) is 3.08. The summed E-state index contributed by atoms with van der Waals surface area (Å²) in [6.07, 6.45) is 0.353. The Kier molecular flexibility index (Phi) is 7.86. The molecule has 0 aliphatic heterocycles. The van der Waals surface area contributed by atoms with Gasteiger partial charge >= 0.3 is 8.25 Å². The summed E-state index contributed by atoms with van der Waals surface area (Å²) in [6.45, 7) is -0.477. The first-order valence-electron chi connectivity index (χ1n) is 3.54. The standard InChI is InChI=1S/C5H12NO6P/c7-2-1-3-11-13(10)12-4-5(8)6-9/h7,9,13H,1-4H2,(H,6,8). The maximum absolute atomic E-state index is 10.7. The number of rotatable bonds is 7. The first-order chi connectivity index (χ1) is 6.20. The van der Waals surface area contributed by atoms with Gasteiger partial charge in [0.15, 0.2) is 0 Å². The Morgan fingerprint density at radius 3 is 2.69 bits per heavy atom. The molecule has 0 aromatic carbocycles. The van der Waals surface area contributed by atoms with E-state index in [1.165, 1.54) is 5.48 Å². The lowest BCUT2D eigenvalue weighted by molar-refractivity contribution is -0.131. The van der Waals surface area contributed by atoms with Gasteiger partial charge < -0.3 is 14.2 Å². The van der Waals surface area contributed by atoms with Gasteiger partial charge in [-0.2, -0.15) is 0 Å². The summed E-state index contributed by atoms with van der Waals surface area (Å²) in [5.41, 5.74) is 1.31. The van der Waals surface area contributed by atoms with Crippen molar-refractivity contribution in [2.75, 3.05) is 19.8 Å². The Hall–Kier alpha value is -0.460. The number of nitrogens with one attached hydrogen (secondary N) is 1. The van der Waals surface area contributed by atoms with E-state index in [0.717, 1.165) is 0 Å². The molecule has 0 aliphatic carbocycles. The van der Waals surface area contributed by atoms with Gasteiger partial charge in [-0.3, -0.25) is 14.6 Å². The van der Waals surface area contributed by atoms with E-state index >= 15 is 0 Å². The fourth-order valence-corrected chi connectivity index (χ4v) is 1.06. The maximum Gasteiger partial charge on any atom is 0.319 e. The molecule has 0 saturated carbocycles.